The molecule has 4 rings (SSSR count). The summed E-state index contributed by atoms with van der Waals surface area (Å²) >= 11 is 0. The van der Waals surface area contributed by atoms with Crippen molar-refractivity contribution >= 4 is 5.91 Å². The van der Waals surface area contributed by atoms with Crippen LogP contribution in [0, 0.1) is 6.92 Å². The third kappa shape index (κ3) is 3.71. The Kier molecular flexibility index (Phi) is 5.01. The molecule has 28 heavy (non-hydrogen) atoms. The first-order valence-electron chi connectivity index (χ1n) is 9.58. The number of nitrogens with zero attached hydrogens (tertiary/aromatic N) is 2. The highest BCUT2D eigenvalue weighted by molar-refractivity contribution is 6.00. The molecule has 1 fully saturated rings. The molecule has 1 saturated heterocycles. The van der Waals surface area contributed by atoms with Crippen molar-refractivity contribution in [2.24, 2.45) is 0 Å². The van der Waals surface area contributed by atoms with Crippen molar-refractivity contribution in [3.8, 4) is 22.8 Å². The van der Waals surface area contributed by atoms with Gasteiger partial charge in [-0.3, -0.25) is 4.79 Å². The van der Waals surface area contributed by atoms with Gasteiger partial charge in [0, 0.05) is 24.2 Å². The number of hydrogen-bond acceptors (Lipinski definition) is 4. The minimum absolute atomic E-state index is 0.0207. The second-order valence-corrected chi connectivity index (χ2v) is 7.41. The van der Waals surface area contributed by atoms with Crippen LogP contribution in [0.5, 0.6) is 0 Å². The number of aryl methyl sites for hydroxylation is 1. The Balaban J connectivity index is 1.65. The van der Waals surface area contributed by atoms with Crippen molar-refractivity contribution in [1.29, 1.82) is 0 Å². The zero-order chi connectivity index (χ0) is 19.7. The molecule has 3 aromatic rings. The lowest BCUT2D eigenvalue weighted by molar-refractivity contribution is -0.0586. The number of carbonyl (C=O) groups excluding carboxylic acids is 1. The molecule has 0 saturated carbocycles. The third-order valence-corrected chi connectivity index (χ3v) is 4.94. The van der Waals surface area contributed by atoms with Gasteiger partial charge in [0.15, 0.2) is 5.76 Å². The lowest BCUT2D eigenvalue weighted by Crippen LogP contribution is -2.48. The van der Waals surface area contributed by atoms with Gasteiger partial charge in [-0.2, -0.15) is 0 Å². The molecule has 2 heterocycles. The second-order valence-electron chi connectivity index (χ2n) is 7.41. The highest BCUT2D eigenvalue weighted by atomic mass is 16.5. The Bertz CT molecular complexity index is 968. The fraction of sp³-hybridized carbons (Fsp3) is 0.304. The van der Waals surface area contributed by atoms with E-state index < -0.39 is 0 Å². The molecule has 0 spiro atoms. The SMILES string of the molecule is Cc1ccc(-c2cnc(-c3ccccc3C(=O)N3CC(C)OC(C)C3)o2)cc1. The fourth-order valence-electron chi connectivity index (χ4n) is 3.62. The molecule has 1 aliphatic heterocycles. The molecule has 2 atom stereocenters. The van der Waals surface area contributed by atoms with E-state index in [1.54, 1.807) is 6.20 Å². The largest absolute Gasteiger partial charge is 0.436 e. The van der Waals surface area contributed by atoms with Gasteiger partial charge in [0.1, 0.15) is 0 Å². The molecule has 0 aliphatic carbocycles. The second kappa shape index (κ2) is 7.60. The number of hydrogen-bond donors (Lipinski definition) is 0. The summed E-state index contributed by atoms with van der Waals surface area (Å²) in [6.07, 6.45) is 1.75. The Morgan fingerprint density at radius 1 is 1.04 bits per heavy atom. The number of rotatable bonds is 3. The van der Waals surface area contributed by atoms with Crippen LogP contribution in [0.25, 0.3) is 22.8 Å². The Morgan fingerprint density at radius 2 is 1.71 bits per heavy atom. The normalized spacial score (nSPS) is 19.6. The molecule has 0 radical (unpaired) electrons. The van der Waals surface area contributed by atoms with Gasteiger partial charge in [0.05, 0.1) is 24.0 Å². The summed E-state index contributed by atoms with van der Waals surface area (Å²) in [6, 6.07) is 15.6. The number of carbonyl (C=O) groups is 1. The van der Waals surface area contributed by atoms with Crippen molar-refractivity contribution in [2.75, 3.05) is 13.1 Å². The lowest BCUT2D eigenvalue weighted by atomic mass is 10.1. The average Bonchev–Trinajstić information content (AvgIpc) is 3.17. The van der Waals surface area contributed by atoms with E-state index in [1.165, 1.54) is 5.56 Å². The number of aromatic nitrogens is 1. The van der Waals surface area contributed by atoms with Gasteiger partial charge in [0.25, 0.3) is 5.91 Å². The van der Waals surface area contributed by atoms with Crippen LogP contribution in [0.1, 0.15) is 29.8 Å². The maximum atomic E-state index is 13.2. The fourth-order valence-corrected chi connectivity index (χ4v) is 3.62. The number of oxazole rings is 1. The zero-order valence-corrected chi connectivity index (χ0v) is 16.4. The van der Waals surface area contributed by atoms with E-state index in [2.05, 4.69) is 4.98 Å². The van der Waals surface area contributed by atoms with E-state index in [0.717, 1.165) is 5.56 Å². The maximum Gasteiger partial charge on any atom is 0.254 e. The van der Waals surface area contributed by atoms with Gasteiger partial charge in [-0.25, -0.2) is 4.98 Å². The topological polar surface area (TPSA) is 55.6 Å². The average molecular weight is 376 g/mol. The van der Waals surface area contributed by atoms with Crippen LogP contribution in [0.3, 0.4) is 0 Å². The van der Waals surface area contributed by atoms with Crippen LogP contribution in [0.2, 0.25) is 0 Å². The van der Waals surface area contributed by atoms with Crippen molar-refractivity contribution in [1.82, 2.24) is 9.88 Å². The van der Waals surface area contributed by atoms with Crippen LogP contribution in [-0.2, 0) is 4.74 Å². The highest BCUT2D eigenvalue weighted by Gasteiger charge is 2.28. The molecule has 0 bridgehead atoms. The van der Waals surface area contributed by atoms with Gasteiger partial charge in [-0.05, 0) is 32.9 Å². The van der Waals surface area contributed by atoms with E-state index in [1.807, 2.05) is 74.2 Å². The van der Waals surface area contributed by atoms with E-state index >= 15 is 0 Å². The number of amides is 1. The van der Waals surface area contributed by atoms with Gasteiger partial charge in [-0.15, -0.1) is 0 Å². The van der Waals surface area contributed by atoms with Crippen LogP contribution in [-0.4, -0.2) is 41.1 Å². The summed E-state index contributed by atoms with van der Waals surface area (Å²) in [4.78, 5) is 19.5. The molecule has 2 unspecified atom stereocenters. The number of benzene rings is 2. The summed E-state index contributed by atoms with van der Waals surface area (Å²) in [5.74, 6) is 1.12. The van der Waals surface area contributed by atoms with Crippen molar-refractivity contribution in [2.45, 2.75) is 33.0 Å². The Morgan fingerprint density at radius 3 is 2.43 bits per heavy atom. The lowest BCUT2D eigenvalue weighted by Gasteiger charge is -2.35. The minimum atomic E-state index is -0.0207. The monoisotopic (exact) mass is 376 g/mol. The standard InChI is InChI=1S/C23H24N2O3/c1-15-8-10-18(11-9-15)21-12-24-22(28-21)19-6-4-5-7-20(19)23(26)25-13-16(2)27-17(3)14-25/h4-12,16-17H,13-14H2,1-3H3. The summed E-state index contributed by atoms with van der Waals surface area (Å²) in [5.41, 5.74) is 3.45. The number of ether oxygens (including phenoxy) is 1. The minimum Gasteiger partial charge on any atom is -0.436 e. The molecular formula is C23H24N2O3. The summed E-state index contributed by atoms with van der Waals surface area (Å²) in [7, 11) is 0. The summed E-state index contributed by atoms with van der Waals surface area (Å²) < 4.78 is 11.8. The van der Waals surface area contributed by atoms with E-state index in [9.17, 15) is 4.79 Å². The molecule has 1 aliphatic rings. The summed E-state index contributed by atoms with van der Waals surface area (Å²) in [6.45, 7) is 7.19. The first-order chi connectivity index (χ1) is 13.5. The molecule has 2 aromatic carbocycles. The molecular weight excluding hydrogens is 352 g/mol. The first kappa shape index (κ1) is 18.4. The number of morpholine rings is 1. The van der Waals surface area contributed by atoms with Gasteiger partial charge >= 0.3 is 0 Å². The van der Waals surface area contributed by atoms with Crippen molar-refractivity contribution in [3.05, 3.63) is 65.9 Å². The molecule has 5 nitrogen and oxygen atoms in total. The summed E-state index contributed by atoms with van der Waals surface area (Å²) in [5, 5.41) is 0. The Hall–Kier alpha value is -2.92. The predicted octanol–water partition coefficient (Wildman–Crippen LogP) is 4.57. The molecule has 144 valence electrons. The third-order valence-electron chi connectivity index (χ3n) is 4.94. The zero-order valence-electron chi connectivity index (χ0n) is 16.4. The first-order valence-corrected chi connectivity index (χ1v) is 9.58. The smallest absolute Gasteiger partial charge is 0.254 e. The van der Waals surface area contributed by atoms with E-state index in [4.69, 9.17) is 9.15 Å². The molecule has 5 heteroatoms. The highest BCUT2D eigenvalue weighted by Crippen LogP contribution is 2.29. The molecule has 0 N–H and O–H groups in total. The van der Waals surface area contributed by atoms with Gasteiger partial charge < -0.3 is 14.1 Å². The Labute approximate surface area is 165 Å². The van der Waals surface area contributed by atoms with Gasteiger partial charge in [-0.1, -0.05) is 42.0 Å². The van der Waals surface area contributed by atoms with Crippen molar-refractivity contribution < 1.29 is 13.9 Å². The van der Waals surface area contributed by atoms with Crippen LogP contribution in [0.15, 0.2) is 59.1 Å². The van der Waals surface area contributed by atoms with E-state index in [-0.39, 0.29) is 18.1 Å². The van der Waals surface area contributed by atoms with Crippen LogP contribution < -0.4 is 0 Å². The van der Waals surface area contributed by atoms with Crippen LogP contribution in [0.4, 0.5) is 0 Å². The maximum absolute atomic E-state index is 13.2. The van der Waals surface area contributed by atoms with Gasteiger partial charge in [0.2, 0.25) is 5.89 Å². The predicted molar refractivity (Wildman–Crippen MR) is 108 cm³/mol. The molecule has 1 aromatic heterocycles. The van der Waals surface area contributed by atoms with Crippen molar-refractivity contribution in [3.63, 3.8) is 0 Å². The quantitative estimate of drug-likeness (QED) is 0.672. The van der Waals surface area contributed by atoms with Crippen LogP contribution >= 0.6 is 0 Å². The van der Waals surface area contributed by atoms with E-state index in [0.29, 0.717) is 35.9 Å². The molecule has 1 amide bonds.